The Hall–Kier alpha value is -1.82. The van der Waals surface area contributed by atoms with Crippen LogP contribution in [0.25, 0.3) is 0 Å². The van der Waals surface area contributed by atoms with Gasteiger partial charge in [0.05, 0.1) is 26.1 Å². The van der Waals surface area contributed by atoms with Gasteiger partial charge in [0.1, 0.15) is 5.82 Å². The Bertz CT molecular complexity index is 605. The predicted octanol–water partition coefficient (Wildman–Crippen LogP) is 3.18. The summed E-state index contributed by atoms with van der Waals surface area (Å²) in [7, 11) is 3.24. The summed E-state index contributed by atoms with van der Waals surface area (Å²) in [5.74, 6) is 2.13. The minimum Gasteiger partial charge on any atom is -0.493 e. The lowest BCUT2D eigenvalue weighted by atomic mass is 10.2. The summed E-state index contributed by atoms with van der Waals surface area (Å²) in [5, 5.41) is 3.23. The van der Waals surface area contributed by atoms with Crippen LogP contribution in [0.5, 0.6) is 11.5 Å². The van der Waals surface area contributed by atoms with Crippen LogP contribution in [-0.2, 0) is 6.54 Å². The molecule has 20 heavy (non-hydrogen) atoms. The second kappa shape index (κ2) is 6.56. The number of benzene rings is 1. The minimum atomic E-state index is 0.610. The predicted molar refractivity (Wildman–Crippen MR) is 81.3 cm³/mol. The zero-order valence-electron chi connectivity index (χ0n) is 11.6. The van der Waals surface area contributed by atoms with Crippen LogP contribution in [-0.4, -0.2) is 24.2 Å². The van der Waals surface area contributed by atoms with Crippen LogP contribution in [0.2, 0.25) is 0 Å². The summed E-state index contributed by atoms with van der Waals surface area (Å²) >= 11 is 3.53. The summed E-state index contributed by atoms with van der Waals surface area (Å²) in [5.41, 5.74) is 1.92. The van der Waals surface area contributed by atoms with Crippen molar-refractivity contribution in [1.29, 1.82) is 0 Å². The molecule has 1 N–H and O–H groups in total. The van der Waals surface area contributed by atoms with Crippen LogP contribution in [0.1, 0.15) is 11.3 Å². The molecule has 6 heteroatoms. The van der Waals surface area contributed by atoms with E-state index in [4.69, 9.17) is 9.47 Å². The molecule has 0 bridgehead atoms. The molecule has 0 aliphatic rings. The van der Waals surface area contributed by atoms with Gasteiger partial charge in [0.25, 0.3) is 0 Å². The van der Waals surface area contributed by atoms with Gasteiger partial charge in [0, 0.05) is 17.2 Å². The fourth-order valence-corrected chi connectivity index (χ4v) is 2.23. The van der Waals surface area contributed by atoms with Crippen molar-refractivity contribution in [2.24, 2.45) is 0 Å². The molecule has 0 radical (unpaired) electrons. The molecule has 1 aromatic carbocycles. The van der Waals surface area contributed by atoms with Crippen LogP contribution in [0.15, 0.2) is 29.0 Å². The van der Waals surface area contributed by atoms with Crippen molar-refractivity contribution in [3.05, 3.63) is 40.3 Å². The smallest absolute Gasteiger partial charge is 0.161 e. The number of aromatic nitrogens is 2. The maximum atomic E-state index is 5.30. The van der Waals surface area contributed by atoms with Crippen molar-refractivity contribution < 1.29 is 9.47 Å². The standard InChI is InChI=1S/C14H16BrN3O2/c1-9-6-16-8-14(18-9)17-7-10-4-12(19-2)13(20-3)5-11(10)15/h4-6,8H,7H2,1-3H3,(H,17,18). The average molecular weight is 338 g/mol. The van der Waals surface area contributed by atoms with E-state index in [9.17, 15) is 0 Å². The lowest BCUT2D eigenvalue weighted by Crippen LogP contribution is -2.04. The highest BCUT2D eigenvalue weighted by atomic mass is 79.9. The second-order valence-corrected chi connectivity index (χ2v) is 5.05. The number of nitrogens with zero attached hydrogens (tertiary/aromatic N) is 2. The van der Waals surface area contributed by atoms with Gasteiger partial charge in [-0.3, -0.25) is 4.98 Å². The molecule has 106 valence electrons. The molecule has 1 heterocycles. The third kappa shape index (κ3) is 3.39. The van der Waals surface area contributed by atoms with Gasteiger partial charge in [0.2, 0.25) is 0 Å². The van der Waals surface area contributed by atoms with Crippen molar-refractivity contribution in [2.75, 3.05) is 19.5 Å². The van der Waals surface area contributed by atoms with E-state index in [0.29, 0.717) is 18.0 Å². The Morgan fingerprint density at radius 1 is 1.15 bits per heavy atom. The molecular weight excluding hydrogens is 322 g/mol. The molecule has 0 spiro atoms. The molecule has 0 saturated carbocycles. The SMILES string of the molecule is COc1cc(Br)c(CNc2cncc(C)n2)cc1OC. The highest BCUT2D eigenvalue weighted by Gasteiger charge is 2.09. The largest absolute Gasteiger partial charge is 0.493 e. The van der Waals surface area contributed by atoms with Gasteiger partial charge in [-0.1, -0.05) is 15.9 Å². The highest BCUT2D eigenvalue weighted by molar-refractivity contribution is 9.10. The molecule has 0 atom stereocenters. The molecule has 0 fully saturated rings. The number of anilines is 1. The van der Waals surface area contributed by atoms with E-state index in [1.807, 2.05) is 19.1 Å². The van der Waals surface area contributed by atoms with Crippen molar-refractivity contribution >= 4 is 21.7 Å². The molecule has 2 aromatic rings. The first-order valence-electron chi connectivity index (χ1n) is 6.07. The van der Waals surface area contributed by atoms with Crippen molar-refractivity contribution in [2.45, 2.75) is 13.5 Å². The molecular formula is C14H16BrN3O2. The van der Waals surface area contributed by atoms with Crippen molar-refractivity contribution in [1.82, 2.24) is 9.97 Å². The highest BCUT2D eigenvalue weighted by Crippen LogP contribution is 2.33. The van der Waals surface area contributed by atoms with Gasteiger partial charge in [-0.25, -0.2) is 4.98 Å². The van der Waals surface area contributed by atoms with Gasteiger partial charge in [-0.2, -0.15) is 0 Å². The normalized spacial score (nSPS) is 10.2. The lowest BCUT2D eigenvalue weighted by Gasteiger charge is -2.12. The second-order valence-electron chi connectivity index (χ2n) is 4.20. The molecule has 1 aromatic heterocycles. The van der Waals surface area contributed by atoms with Gasteiger partial charge in [0.15, 0.2) is 11.5 Å². The minimum absolute atomic E-state index is 0.610. The third-order valence-corrected chi connectivity index (χ3v) is 3.51. The number of halogens is 1. The van der Waals surface area contributed by atoms with Crippen LogP contribution >= 0.6 is 15.9 Å². The van der Waals surface area contributed by atoms with E-state index < -0.39 is 0 Å². The third-order valence-electron chi connectivity index (χ3n) is 2.77. The summed E-state index contributed by atoms with van der Waals surface area (Å²) in [4.78, 5) is 8.45. The van der Waals surface area contributed by atoms with E-state index in [-0.39, 0.29) is 0 Å². The maximum Gasteiger partial charge on any atom is 0.161 e. The Morgan fingerprint density at radius 3 is 2.50 bits per heavy atom. The first-order chi connectivity index (χ1) is 9.63. The van der Waals surface area contributed by atoms with Crippen molar-refractivity contribution in [3.63, 3.8) is 0 Å². The first kappa shape index (κ1) is 14.6. The number of hydrogen-bond acceptors (Lipinski definition) is 5. The van der Waals surface area contributed by atoms with Crippen LogP contribution < -0.4 is 14.8 Å². The first-order valence-corrected chi connectivity index (χ1v) is 6.86. The monoisotopic (exact) mass is 337 g/mol. The maximum absolute atomic E-state index is 5.30. The molecule has 2 rings (SSSR count). The quantitative estimate of drug-likeness (QED) is 0.907. The van der Waals surface area contributed by atoms with Crippen LogP contribution in [0.3, 0.4) is 0 Å². The van der Waals surface area contributed by atoms with Gasteiger partial charge >= 0.3 is 0 Å². The number of aryl methyl sites for hydroxylation is 1. The fourth-order valence-electron chi connectivity index (χ4n) is 1.77. The molecule has 0 aliphatic heterocycles. The Balaban J connectivity index is 2.17. The van der Waals surface area contributed by atoms with Gasteiger partial charge in [-0.15, -0.1) is 0 Å². The van der Waals surface area contributed by atoms with Crippen LogP contribution in [0, 0.1) is 6.92 Å². The Labute approximate surface area is 126 Å². The topological polar surface area (TPSA) is 56.3 Å². The molecule has 5 nitrogen and oxygen atoms in total. The Kier molecular flexibility index (Phi) is 4.79. The van der Waals surface area contributed by atoms with Gasteiger partial charge < -0.3 is 14.8 Å². The molecule has 0 unspecified atom stereocenters. The van der Waals surface area contributed by atoms with E-state index in [1.54, 1.807) is 26.6 Å². The number of nitrogens with one attached hydrogen (secondary N) is 1. The van der Waals surface area contributed by atoms with Crippen LogP contribution in [0.4, 0.5) is 5.82 Å². The molecule has 0 saturated heterocycles. The lowest BCUT2D eigenvalue weighted by molar-refractivity contribution is 0.354. The number of hydrogen-bond donors (Lipinski definition) is 1. The fraction of sp³-hybridized carbons (Fsp3) is 0.286. The Morgan fingerprint density at radius 2 is 1.85 bits per heavy atom. The summed E-state index contributed by atoms with van der Waals surface area (Å²) < 4.78 is 11.5. The van der Waals surface area contributed by atoms with Gasteiger partial charge in [-0.05, 0) is 24.6 Å². The van der Waals surface area contributed by atoms with Crippen molar-refractivity contribution in [3.8, 4) is 11.5 Å². The zero-order chi connectivity index (χ0) is 14.5. The molecule has 0 aliphatic carbocycles. The number of methoxy groups -OCH3 is 2. The summed E-state index contributed by atoms with van der Waals surface area (Å²) in [6, 6.07) is 3.82. The zero-order valence-corrected chi connectivity index (χ0v) is 13.2. The number of ether oxygens (including phenoxy) is 2. The van der Waals surface area contributed by atoms with E-state index in [2.05, 4.69) is 31.2 Å². The van der Waals surface area contributed by atoms with E-state index >= 15 is 0 Å². The summed E-state index contributed by atoms with van der Waals surface area (Å²) in [6.45, 7) is 2.52. The average Bonchev–Trinajstić information content (AvgIpc) is 2.45. The molecule has 0 amide bonds. The number of rotatable bonds is 5. The summed E-state index contributed by atoms with van der Waals surface area (Å²) in [6.07, 6.45) is 3.42. The van der Waals surface area contributed by atoms with E-state index in [0.717, 1.165) is 21.5 Å². The van der Waals surface area contributed by atoms with E-state index in [1.165, 1.54) is 0 Å².